The van der Waals surface area contributed by atoms with Crippen molar-refractivity contribution in [3.05, 3.63) is 63.1 Å². The Bertz CT molecular complexity index is 1280. The van der Waals surface area contributed by atoms with E-state index in [9.17, 15) is 28.6 Å². The van der Waals surface area contributed by atoms with Gasteiger partial charge in [0.05, 0.1) is 5.66 Å². The first-order chi connectivity index (χ1) is 17.5. The fraction of sp³-hybridized carbons (Fsp3) is 0.440. The first kappa shape index (κ1) is 27.0. The van der Waals surface area contributed by atoms with Crippen molar-refractivity contribution >= 4 is 28.6 Å². The predicted octanol–water partition coefficient (Wildman–Crippen LogP) is 1.61. The zero-order valence-electron chi connectivity index (χ0n) is 20.8. The van der Waals surface area contributed by atoms with Crippen LogP contribution in [0.15, 0.2) is 35.9 Å². The highest BCUT2D eigenvalue weighted by Crippen LogP contribution is 2.41. The number of aliphatic hydroxyl groups excluding tert-OH is 2. The van der Waals surface area contributed by atoms with Crippen LogP contribution in [0.2, 0.25) is 0 Å². The molecule has 1 aliphatic carbocycles. The molecule has 9 nitrogen and oxygen atoms in total. The molecule has 0 spiro atoms. The number of aliphatic hydroxyl groups is 2. The molecule has 1 aliphatic heterocycles. The van der Waals surface area contributed by atoms with Crippen molar-refractivity contribution in [1.82, 2.24) is 20.4 Å². The number of carbonyl (C=O) groups excluding carboxylic acids is 2. The van der Waals surface area contributed by atoms with Crippen molar-refractivity contribution in [2.24, 2.45) is 5.41 Å². The SMILES string of the molecule is CNC1(N(C)C(=O)C2=C(O)C(=O)C(c3nnc(Cc4ccc(F)cc4F)s3)=C[NH2+]2)CCC(C)(CO)CC1. The first-order valence-electron chi connectivity index (χ1n) is 11.9. The Hall–Kier alpha value is -3.06. The summed E-state index contributed by atoms with van der Waals surface area (Å²) < 4.78 is 27.2. The normalized spacial score (nSPS) is 24.3. The lowest BCUT2D eigenvalue weighted by atomic mass is 9.71. The Balaban J connectivity index is 1.49. The van der Waals surface area contributed by atoms with Crippen molar-refractivity contribution < 1.29 is 33.9 Å². The van der Waals surface area contributed by atoms with E-state index < -0.39 is 34.7 Å². The van der Waals surface area contributed by atoms with E-state index in [4.69, 9.17) is 0 Å². The van der Waals surface area contributed by atoms with Crippen LogP contribution in [0, 0.1) is 17.0 Å². The molecule has 0 atom stereocenters. The molecule has 1 aromatic carbocycles. The maximum Gasteiger partial charge on any atom is 0.313 e. The molecule has 2 aliphatic rings. The van der Waals surface area contributed by atoms with Crippen LogP contribution in [0.3, 0.4) is 0 Å². The van der Waals surface area contributed by atoms with Crippen molar-refractivity contribution in [3.8, 4) is 0 Å². The van der Waals surface area contributed by atoms with Gasteiger partial charge in [0.15, 0.2) is 5.01 Å². The number of allylic oxidation sites excluding steroid dienone is 1. The van der Waals surface area contributed by atoms with Gasteiger partial charge in [0.25, 0.3) is 0 Å². The van der Waals surface area contributed by atoms with Gasteiger partial charge in [-0.1, -0.05) is 24.3 Å². The number of rotatable bonds is 7. The van der Waals surface area contributed by atoms with Crippen LogP contribution in [-0.2, 0) is 16.0 Å². The van der Waals surface area contributed by atoms with Gasteiger partial charge in [0, 0.05) is 26.1 Å². The molecule has 2 aromatic rings. The third-order valence-electron chi connectivity index (χ3n) is 7.49. The second-order valence-electron chi connectivity index (χ2n) is 9.87. The average molecular weight is 535 g/mol. The van der Waals surface area contributed by atoms with E-state index >= 15 is 0 Å². The Morgan fingerprint density at radius 2 is 1.95 bits per heavy atom. The highest BCUT2D eigenvalue weighted by atomic mass is 32.1. The number of aromatic nitrogens is 2. The van der Waals surface area contributed by atoms with Crippen molar-refractivity contribution in [2.45, 2.75) is 44.7 Å². The Morgan fingerprint density at radius 1 is 1.24 bits per heavy atom. The standard InChI is InChI=1S/C25H29F2N5O4S/c1-24(13-33)6-8-25(28-2,9-7-24)32(3)23(36)19-21(35)20(34)16(12-29-19)22-31-30-18(37-22)10-14-4-5-15(26)11-17(14)27/h4-5,11-12,28,33,35H,6-10,13H2,1-3H3,(H,29,34)/p+1. The number of ketones is 1. The lowest BCUT2D eigenvalue weighted by Gasteiger charge is -2.48. The van der Waals surface area contributed by atoms with Gasteiger partial charge in [-0.05, 0) is 49.8 Å². The molecule has 1 amide bonds. The molecule has 1 saturated carbocycles. The zero-order valence-corrected chi connectivity index (χ0v) is 21.7. The molecule has 37 heavy (non-hydrogen) atoms. The van der Waals surface area contributed by atoms with E-state index in [1.165, 1.54) is 22.5 Å². The van der Waals surface area contributed by atoms with E-state index in [-0.39, 0.29) is 40.3 Å². The number of carbonyl (C=O) groups is 2. The predicted molar refractivity (Wildman–Crippen MR) is 132 cm³/mol. The highest BCUT2D eigenvalue weighted by molar-refractivity contribution is 7.12. The number of benzene rings is 1. The molecule has 0 unspecified atom stereocenters. The van der Waals surface area contributed by atoms with Gasteiger partial charge < -0.3 is 15.1 Å². The summed E-state index contributed by atoms with van der Waals surface area (Å²) in [4.78, 5) is 27.9. The van der Waals surface area contributed by atoms with E-state index in [0.717, 1.165) is 23.5 Å². The Morgan fingerprint density at radius 3 is 2.57 bits per heavy atom. The van der Waals surface area contributed by atoms with Crippen LogP contribution in [-0.4, -0.2) is 63.4 Å². The lowest BCUT2D eigenvalue weighted by molar-refractivity contribution is -0.531. The molecule has 198 valence electrons. The van der Waals surface area contributed by atoms with Crippen LogP contribution in [0.5, 0.6) is 0 Å². The van der Waals surface area contributed by atoms with Gasteiger partial charge in [0.1, 0.15) is 28.4 Å². The second kappa shape index (κ2) is 10.4. The number of quaternary nitrogens is 1. The topological polar surface area (TPSA) is 132 Å². The van der Waals surface area contributed by atoms with E-state index in [0.29, 0.717) is 30.7 Å². The first-order valence-corrected chi connectivity index (χ1v) is 12.7. The second-order valence-corrected chi connectivity index (χ2v) is 10.9. The van der Waals surface area contributed by atoms with Crippen LogP contribution < -0.4 is 10.6 Å². The van der Waals surface area contributed by atoms with Crippen molar-refractivity contribution in [1.29, 1.82) is 0 Å². The number of nitrogens with one attached hydrogen (secondary N) is 1. The van der Waals surface area contributed by atoms with E-state index in [1.54, 1.807) is 14.1 Å². The van der Waals surface area contributed by atoms with Crippen molar-refractivity contribution in [2.75, 3.05) is 20.7 Å². The monoisotopic (exact) mass is 534 g/mol. The summed E-state index contributed by atoms with van der Waals surface area (Å²) in [6.07, 6.45) is 4.11. The molecule has 12 heteroatoms. The average Bonchev–Trinajstić information content (AvgIpc) is 3.35. The van der Waals surface area contributed by atoms with Crippen LogP contribution in [0.25, 0.3) is 5.57 Å². The molecule has 5 N–H and O–H groups in total. The molecule has 4 rings (SSSR count). The number of Topliss-reactive ketones (excluding diaryl/α,β-unsaturated/α-hetero) is 1. The number of nitrogens with zero attached hydrogens (tertiary/aromatic N) is 3. The number of hydrogen-bond donors (Lipinski definition) is 4. The maximum absolute atomic E-state index is 14.0. The van der Waals surface area contributed by atoms with Gasteiger partial charge in [-0.15, -0.1) is 10.2 Å². The molecule has 2 heterocycles. The zero-order chi connectivity index (χ0) is 27.0. The van der Waals surface area contributed by atoms with Crippen LogP contribution in [0.1, 0.15) is 48.2 Å². The maximum atomic E-state index is 14.0. The highest BCUT2D eigenvalue weighted by Gasteiger charge is 2.46. The molecule has 0 saturated heterocycles. The molecule has 0 bridgehead atoms. The van der Waals surface area contributed by atoms with Gasteiger partial charge in [-0.3, -0.25) is 20.2 Å². The molecular formula is C25H30F2N5O4S+. The smallest absolute Gasteiger partial charge is 0.313 e. The summed E-state index contributed by atoms with van der Waals surface area (Å²) in [5.74, 6) is -3.33. The molecule has 1 fully saturated rings. The van der Waals surface area contributed by atoms with Crippen LogP contribution >= 0.6 is 11.3 Å². The van der Waals surface area contributed by atoms with Gasteiger partial charge in [-0.2, -0.15) is 0 Å². The van der Waals surface area contributed by atoms with Gasteiger partial charge >= 0.3 is 5.91 Å². The molecule has 1 aromatic heterocycles. The van der Waals surface area contributed by atoms with E-state index in [1.807, 2.05) is 6.92 Å². The number of hydrogen-bond acceptors (Lipinski definition) is 8. The number of amides is 1. The molecular weight excluding hydrogens is 504 g/mol. The fourth-order valence-electron chi connectivity index (χ4n) is 4.73. The summed E-state index contributed by atoms with van der Waals surface area (Å²) in [6.45, 7) is 2.08. The molecule has 0 radical (unpaired) electrons. The minimum atomic E-state index is -0.759. The largest absolute Gasteiger partial charge is 0.500 e. The minimum Gasteiger partial charge on any atom is -0.500 e. The number of nitrogens with two attached hydrogens (primary N) is 1. The third kappa shape index (κ3) is 5.19. The number of likely N-dealkylation sites (N-methyl/N-ethyl adjacent to an activating group) is 1. The van der Waals surface area contributed by atoms with Crippen molar-refractivity contribution in [3.63, 3.8) is 0 Å². The summed E-state index contributed by atoms with van der Waals surface area (Å²) in [5.41, 5.74) is -0.707. The lowest BCUT2D eigenvalue weighted by Crippen LogP contribution is -2.81. The Kier molecular flexibility index (Phi) is 7.56. The minimum absolute atomic E-state index is 0.0622. The quantitative estimate of drug-likeness (QED) is 0.397. The summed E-state index contributed by atoms with van der Waals surface area (Å²) >= 11 is 1.05. The van der Waals surface area contributed by atoms with E-state index in [2.05, 4.69) is 15.5 Å². The summed E-state index contributed by atoms with van der Waals surface area (Å²) in [5, 5.41) is 33.6. The van der Waals surface area contributed by atoms with Gasteiger partial charge in [0.2, 0.25) is 17.2 Å². The Labute approximate surface area is 216 Å². The summed E-state index contributed by atoms with van der Waals surface area (Å²) in [6, 6.07) is 3.26. The summed E-state index contributed by atoms with van der Waals surface area (Å²) in [7, 11) is 3.39. The van der Waals surface area contributed by atoms with Crippen LogP contribution in [0.4, 0.5) is 8.78 Å². The third-order valence-corrected chi connectivity index (χ3v) is 8.45. The fourth-order valence-corrected chi connectivity index (χ4v) is 5.61. The number of halogens is 2. The van der Waals surface area contributed by atoms with Gasteiger partial charge in [-0.25, -0.2) is 8.78 Å².